The van der Waals surface area contributed by atoms with Crippen LogP contribution in [0.4, 0.5) is 0 Å². The summed E-state index contributed by atoms with van der Waals surface area (Å²) in [4.78, 5) is 33.4. The Kier molecular flexibility index (Phi) is 24.1. The Morgan fingerprint density at radius 3 is 1.13 bits per heavy atom. The molecule has 0 rings (SSSR count). The van der Waals surface area contributed by atoms with Crippen molar-refractivity contribution in [2.75, 3.05) is 26.2 Å². The van der Waals surface area contributed by atoms with Gasteiger partial charge >= 0.3 is 17.9 Å². The van der Waals surface area contributed by atoms with Crippen LogP contribution in [0.5, 0.6) is 0 Å². The van der Waals surface area contributed by atoms with Crippen molar-refractivity contribution in [2.45, 2.75) is 142 Å². The maximum absolute atomic E-state index is 11.1. The summed E-state index contributed by atoms with van der Waals surface area (Å²) in [5.74, 6) is -2.80. The van der Waals surface area contributed by atoms with E-state index in [9.17, 15) is 14.4 Å². The number of carboxylic acids is 3. The summed E-state index contributed by atoms with van der Waals surface area (Å²) in [6, 6.07) is 0. The van der Waals surface area contributed by atoms with Crippen molar-refractivity contribution in [1.29, 1.82) is 0 Å². The molecular weight excluding hydrogens is 482 g/mol. The van der Waals surface area contributed by atoms with Gasteiger partial charge in [0.1, 0.15) is 0 Å². The average molecular weight is 541 g/mol. The van der Waals surface area contributed by atoms with Gasteiger partial charge in [-0.05, 0) is 38.5 Å². The Balaban J connectivity index is 3.94. The summed E-state index contributed by atoms with van der Waals surface area (Å²) in [5.41, 5.74) is 0. The molecule has 38 heavy (non-hydrogen) atoms. The van der Waals surface area contributed by atoms with Gasteiger partial charge in [0.05, 0.1) is 45.4 Å². The molecule has 0 aliphatic carbocycles. The van der Waals surface area contributed by atoms with E-state index in [4.69, 9.17) is 15.3 Å². The first-order valence-corrected chi connectivity index (χ1v) is 15.5. The molecule has 0 aromatic heterocycles. The molecule has 3 N–H and O–H groups in total. The van der Waals surface area contributed by atoms with E-state index in [1.165, 1.54) is 83.5 Å². The van der Waals surface area contributed by atoms with Crippen LogP contribution in [-0.4, -0.2) is 63.9 Å². The van der Waals surface area contributed by atoms with Crippen LogP contribution in [0.3, 0.4) is 0 Å². The third kappa shape index (κ3) is 24.4. The minimum atomic E-state index is -0.935. The van der Waals surface area contributed by atoms with Crippen LogP contribution >= 0.6 is 0 Å². The maximum atomic E-state index is 11.1. The molecule has 0 heterocycles. The summed E-state index contributed by atoms with van der Waals surface area (Å²) in [7, 11) is 0. The first-order valence-electron chi connectivity index (χ1n) is 15.5. The van der Waals surface area contributed by atoms with Crippen molar-refractivity contribution in [2.24, 2.45) is 0 Å². The van der Waals surface area contributed by atoms with E-state index in [1.807, 2.05) is 0 Å². The highest BCUT2D eigenvalue weighted by atomic mass is 16.4. The fourth-order valence-corrected chi connectivity index (χ4v) is 5.07. The van der Waals surface area contributed by atoms with Crippen LogP contribution in [0.2, 0.25) is 0 Å². The Morgan fingerprint density at radius 1 is 0.474 bits per heavy atom. The highest BCUT2D eigenvalue weighted by Crippen LogP contribution is 2.17. The highest BCUT2D eigenvalue weighted by molar-refractivity contribution is 5.67. The smallest absolute Gasteiger partial charge is 0.309 e. The quantitative estimate of drug-likeness (QED) is 0.0506. The number of quaternary nitrogens is 1. The normalized spacial score (nSPS) is 11.8. The highest BCUT2D eigenvalue weighted by Gasteiger charge is 2.29. The van der Waals surface area contributed by atoms with Crippen molar-refractivity contribution < 1.29 is 34.2 Å². The third-order valence-electron chi connectivity index (χ3n) is 7.54. The Labute approximate surface area is 232 Å². The zero-order chi connectivity index (χ0) is 28.3. The number of aliphatic carboxylic acids is 3. The van der Waals surface area contributed by atoms with Gasteiger partial charge < -0.3 is 19.8 Å². The second-order valence-electron chi connectivity index (χ2n) is 11.0. The summed E-state index contributed by atoms with van der Waals surface area (Å²) in [5, 5.41) is 27.4. The van der Waals surface area contributed by atoms with Crippen LogP contribution in [-0.2, 0) is 14.4 Å². The van der Waals surface area contributed by atoms with Crippen LogP contribution in [0.1, 0.15) is 142 Å². The van der Waals surface area contributed by atoms with Gasteiger partial charge in [-0.2, -0.15) is 0 Å². The van der Waals surface area contributed by atoms with Crippen molar-refractivity contribution in [3.05, 3.63) is 12.2 Å². The molecule has 0 aliphatic rings. The lowest BCUT2D eigenvalue weighted by Crippen LogP contribution is -2.52. The third-order valence-corrected chi connectivity index (χ3v) is 7.54. The van der Waals surface area contributed by atoms with E-state index in [1.54, 1.807) is 0 Å². The van der Waals surface area contributed by atoms with Crippen molar-refractivity contribution in [1.82, 2.24) is 0 Å². The number of rotatable bonds is 29. The molecule has 222 valence electrons. The predicted molar refractivity (Wildman–Crippen MR) is 154 cm³/mol. The number of nitrogens with zero attached hydrogens (tertiary/aromatic N) is 1. The van der Waals surface area contributed by atoms with Gasteiger partial charge in [-0.25, -0.2) is 0 Å². The largest absolute Gasteiger partial charge is 0.481 e. The molecule has 0 bridgehead atoms. The molecule has 0 amide bonds. The van der Waals surface area contributed by atoms with Crippen LogP contribution in [0, 0.1) is 0 Å². The molecule has 7 heteroatoms. The minimum Gasteiger partial charge on any atom is -0.481 e. The number of unbranched alkanes of at least 4 members (excludes halogenated alkanes) is 16. The van der Waals surface area contributed by atoms with Gasteiger partial charge in [0.2, 0.25) is 0 Å². The van der Waals surface area contributed by atoms with Gasteiger partial charge in [0, 0.05) is 0 Å². The fraction of sp³-hybridized carbons (Fsp3) is 0.839. The van der Waals surface area contributed by atoms with Crippen LogP contribution in [0.15, 0.2) is 12.2 Å². The molecule has 0 aromatic carbocycles. The van der Waals surface area contributed by atoms with Crippen LogP contribution in [0.25, 0.3) is 0 Å². The first-order chi connectivity index (χ1) is 18.3. The number of carboxylic acid groups (broad SMARTS) is 3. The monoisotopic (exact) mass is 540 g/mol. The second kappa shape index (κ2) is 25.4. The van der Waals surface area contributed by atoms with Crippen molar-refractivity contribution >= 4 is 17.9 Å². The van der Waals surface area contributed by atoms with Gasteiger partial charge in [0.25, 0.3) is 0 Å². The van der Waals surface area contributed by atoms with Crippen molar-refractivity contribution in [3.8, 4) is 0 Å². The Bertz CT molecular complexity index is 588. The Hall–Kier alpha value is -1.89. The summed E-state index contributed by atoms with van der Waals surface area (Å²) < 4.78 is 0.259. The average Bonchev–Trinajstić information content (AvgIpc) is 2.88. The molecule has 0 saturated carbocycles. The first kappa shape index (κ1) is 36.1. The number of hydrogen-bond donors (Lipinski definition) is 3. The van der Waals surface area contributed by atoms with E-state index in [0.29, 0.717) is 6.54 Å². The predicted octanol–water partition coefficient (Wildman–Crippen LogP) is 7.83. The number of carbonyl (C=O) groups is 3. The zero-order valence-electron chi connectivity index (χ0n) is 24.3. The topological polar surface area (TPSA) is 112 Å². The van der Waals surface area contributed by atoms with E-state index < -0.39 is 17.9 Å². The zero-order valence-corrected chi connectivity index (χ0v) is 24.3. The SMILES string of the molecule is CCCCCCCCCCCC/C=C/CCCCCCCC[N+](CCC(=O)O)(CCC(=O)O)CCC(=O)O. The van der Waals surface area contributed by atoms with Crippen LogP contribution < -0.4 is 0 Å². The maximum Gasteiger partial charge on any atom is 0.309 e. The molecule has 0 fully saturated rings. The molecule has 7 nitrogen and oxygen atoms in total. The van der Waals surface area contributed by atoms with E-state index in [0.717, 1.165) is 32.1 Å². The molecule has 0 aromatic rings. The standard InChI is InChI=1S/C31H57NO6/c1-2-3-4-5-6-7-8-9-10-11-12-13-14-15-16-17-18-19-20-21-25-32(26-22-29(33)34,27-23-30(35)36)28-24-31(37)38/h13-14H,2-12,15-28H2,1H3,(H2-,33,34,35,36,37,38)/p+1/b14-13+. The van der Waals surface area contributed by atoms with E-state index in [-0.39, 0.29) is 43.4 Å². The van der Waals surface area contributed by atoms with Crippen molar-refractivity contribution in [3.63, 3.8) is 0 Å². The molecular formula is C31H58NO6+. The molecule has 0 atom stereocenters. The second-order valence-corrected chi connectivity index (χ2v) is 11.0. The van der Waals surface area contributed by atoms with E-state index in [2.05, 4.69) is 19.1 Å². The van der Waals surface area contributed by atoms with Gasteiger partial charge in [0.15, 0.2) is 0 Å². The summed E-state index contributed by atoms with van der Waals surface area (Å²) in [6.45, 7) is 3.74. The van der Waals surface area contributed by atoms with E-state index >= 15 is 0 Å². The van der Waals surface area contributed by atoms with Gasteiger partial charge in [-0.1, -0.05) is 96.1 Å². The molecule has 0 radical (unpaired) electrons. The lowest BCUT2D eigenvalue weighted by Gasteiger charge is -2.38. The fourth-order valence-electron chi connectivity index (χ4n) is 5.07. The summed E-state index contributed by atoms with van der Waals surface area (Å²) >= 11 is 0. The Morgan fingerprint density at radius 2 is 0.789 bits per heavy atom. The van der Waals surface area contributed by atoms with Gasteiger partial charge in [-0.15, -0.1) is 0 Å². The summed E-state index contributed by atoms with van der Waals surface area (Å²) in [6.07, 6.45) is 27.0. The minimum absolute atomic E-state index is 0.0774. The molecule has 0 saturated heterocycles. The molecule has 0 aliphatic heterocycles. The number of allylic oxidation sites excluding steroid dienone is 2. The molecule has 0 unspecified atom stereocenters. The molecule has 0 spiro atoms. The lowest BCUT2D eigenvalue weighted by molar-refractivity contribution is -0.927. The lowest BCUT2D eigenvalue weighted by atomic mass is 10.1. The van der Waals surface area contributed by atoms with Gasteiger partial charge in [-0.3, -0.25) is 14.4 Å². The number of hydrogen-bond acceptors (Lipinski definition) is 3.